The Balaban J connectivity index is 2.39. The van der Waals surface area contributed by atoms with E-state index in [-0.39, 0.29) is 5.54 Å². The van der Waals surface area contributed by atoms with Crippen molar-refractivity contribution in [3.8, 4) is 6.07 Å². The lowest BCUT2D eigenvalue weighted by molar-refractivity contribution is 0.379. The SMILES string of the molecule is CCNC(C#N)(CC)CCCSc1cccc(Br)c1. The minimum Gasteiger partial charge on any atom is -0.300 e. The number of nitrogens with one attached hydrogen (secondary N) is 1. The molecule has 0 radical (unpaired) electrons. The van der Waals surface area contributed by atoms with E-state index in [9.17, 15) is 5.26 Å². The molecule has 0 aliphatic rings. The molecule has 0 saturated carbocycles. The Bertz CT molecular complexity index is 430. The van der Waals surface area contributed by atoms with Gasteiger partial charge in [-0.1, -0.05) is 35.8 Å². The highest BCUT2D eigenvalue weighted by molar-refractivity contribution is 9.10. The van der Waals surface area contributed by atoms with E-state index in [1.165, 1.54) is 4.90 Å². The van der Waals surface area contributed by atoms with Gasteiger partial charge in [-0.2, -0.15) is 5.26 Å². The molecule has 1 aromatic carbocycles. The second-order valence-corrected chi connectivity index (χ2v) is 6.57. The Morgan fingerprint density at radius 3 is 2.79 bits per heavy atom. The zero-order chi connectivity index (χ0) is 14.1. The molecule has 1 atom stereocenters. The van der Waals surface area contributed by atoms with Gasteiger partial charge in [0.2, 0.25) is 0 Å². The number of nitrogens with zero attached hydrogens (tertiary/aromatic N) is 1. The van der Waals surface area contributed by atoms with E-state index in [4.69, 9.17) is 0 Å². The number of nitriles is 1. The third-order valence-electron chi connectivity index (χ3n) is 3.15. The van der Waals surface area contributed by atoms with Gasteiger partial charge in [0, 0.05) is 9.37 Å². The number of hydrogen-bond acceptors (Lipinski definition) is 3. The first-order chi connectivity index (χ1) is 9.15. The van der Waals surface area contributed by atoms with Crippen molar-refractivity contribution in [2.45, 2.75) is 43.5 Å². The Labute approximate surface area is 129 Å². The van der Waals surface area contributed by atoms with Crippen LogP contribution in [0.3, 0.4) is 0 Å². The van der Waals surface area contributed by atoms with E-state index in [1.807, 2.05) is 17.8 Å². The first-order valence-electron chi connectivity index (χ1n) is 6.70. The van der Waals surface area contributed by atoms with Crippen molar-refractivity contribution in [3.05, 3.63) is 28.7 Å². The normalized spacial score (nSPS) is 13.8. The van der Waals surface area contributed by atoms with Crippen molar-refractivity contribution in [1.29, 1.82) is 5.26 Å². The number of rotatable bonds is 8. The number of hydrogen-bond donors (Lipinski definition) is 1. The van der Waals surface area contributed by atoms with E-state index in [1.54, 1.807) is 0 Å². The summed E-state index contributed by atoms with van der Waals surface area (Å²) in [7, 11) is 0. The second kappa shape index (κ2) is 8.63. The average molecular weight is 341 g/mol. The van der Waals surface area contributed by atoms with Gasteiger partial charge in [-0.15, -0.1) is 11.8 Å². The van der Waals surface area contributed by atoms with Gasteiger partial charge in [0.05, 0.1) is 6.07 Å². The molecule has 0 saturated heterocycles. The molecule has 1 unspecified atom stereocenters. The van der Waals surface area contributed by atoms with Crippen LogP contribution >= 0.6 is 27.7 Å². The molecule has 4 heteroatoms. The summed E-state index contributed by atoms with van der Waals surface area (Å²) in [6, 6.07) is 10.8. The predicted molar refractivity (Wildman–Crippen MR) is 86.4 cm³/mol. The lowest BCUT2D eigenvalue weighted by Gasteiger charge is -2.25. The lowest BCUT2D eigenvalue weighted by Crippen LogP contribution is -2.43. The molecule has 0 aliphatic heterocycles. The van der Waals surface area contributed by atoms with Crippen molar-refractivity contribution in [1.82, 2.24) is 5.32 Å². The monoisotopic (exact) mass is 340 g/mol. The summed E-state index contributed by atoms with van der Waals surface area (Å²) < 4.78 is 1.12. The van der Waals surface area contributed by atoms with Crippen LogP contribution in [-0.4, -0.2) is 17.8 Å². The first-order valence-corrected chi connectivity index (χ1v) is 8.48. The standard InChI is InChI=1S/C15H21BrN2S/c1-3-15(12-17,18-4-2)9-6-10-19-14-8-5-7-13(16)11-14/h5,7-8,11,18H,3-4,6,9-10H2,1-2H3. The zero-order valence-corrected chi connectivity index (χ0v) is 14.0. The molecule has 0 fully saturated rings. The van der Waals surface area contributed by atoms with Gasteiger partial charge in [0.1, 0.15) is 5.54 Å². The van der Waals surface area contributed by atoms with Crippen molar-refractivity contribution < 1.29 is 0 Å². The summed E-state index contributed by atoms with van der Waals surface area (Å²) in [5.41, 5.74) is -0.341. The molecule has 0 bridgehead atoms. The first kappa shape index (κ1) is 16.6. The van der Waals surface area contributed by atoms with Crippen LogP contribution in [-0.2, 0) is 0 Å². The summed E-state index contributed by atoms with van der Waals surface area (Å²) >= 11 is 5.33. The smallest absolute Gasteiger partial charge is 0.106 e. The maximum Gasteiger partial charge on any atom is 0.106 e. The van der Waals surface area contributed by atoms with Crippen molar-refractivity contribution >= 4 is 27.7 Å². The van der Waals surface area contributed by atoms with Crippen LogP contribution in [0.25, 0.3) is 0 Å². The number of thioether (sulfide) groups is 1. The van der Waals surface area contributed by atoms with Crippen LogP contribution < -0.4 is 5.32 Å². The maximum absolute atomic E-state index is 9.33. The summed E-state index contributed by atoms with van der Waals surface area (Å²) in [5, 5.41) is 12.7. The van der Waals surface area contributed by atoms with Gasteiger partial charge in [-0.05, 0) is 49.8 Å². The molecule has 1 rings (SSSR count). The van der Waals surface area contributed by atoms with E-state index >= 15 is 0 Å². The molecular weight excluding hydrogens is 320 g/mol. The van der Waals surface area contributed by atoms with Crippen molar-refractivity contribution in [2.24, 2.45) is 0 Å². The van der Waals surface area contributed by atoms with Crippen molar-refractivity contribution in [3.63, 3.8) is 0 Å². The fourth-order valence-electron chi connectivity index (χ4n) is 2.02. The van der Waals surface area contributed by atoms with E-state index in [0.29, 0.717) is 0 Å². The predicted octanol–water partition coefficient (Wildman–Crippen LogP) is 4.60. The highest BCUT2D eigenvalue weighted by Crippen LogP contribution is 2.25. The fourth-order valence-corrected chi connectivity index (χ4v) is 3.48. The highest BCUT2D eigenvalue weighted by atomic mass is 79.9. The fraction of sp³-hybridized carbons (Fsp3) is 0.533. The number of halogens is 1. The topological polar surface area (TPSA) is 35.8 Å². The molecule has 1 N–H and O–H groups in total. The van der Waals surface area contributed by atoms with Crippen LogP contribution in [0, 0.1) is 11.3 Å². The molecule has 1 aromatic rings. The zero-order valence-electron chi connectivity index (χ0n) is 11.6. The van der Waals surface area contributed by atoms with Crippen LogP contribution in [0.1, 0.15) is 33.1 Å². The minimum absolute atomic E-state index is 0.341. The van der Waals surface area contributed by atoms with Gasteiger partial charge in [-0.3, -0.25) is 5.32 Å². The molecule has 0 heterocycles. The molecular formula is C15H21BrN2S. The molecule has 0 aliphatic carbocycles. The third-order valence-corrected chi connectivity index (χ3v) is 4.72. The van der Waals surface area contributed by atoms with E-state index < -0.39 is 0 Å². The molecule has 0 spiro atoms. The Hall–Kier alpha value is -0.500. The summed E-state index contributed by atoms with van der Waals surface area (Å²) in [6.45, 7) is 4.98. The van der Waals surface area contributed by atoms with Gasteiger partial charge in [0.25, 0.3) is 0 Å². The van der Waals surface area contributed by atoms with Gasteiger partial charge < -0.3 is 0 Å². The van der Waals surface area contributed by atoms with Crippen LogP contribution in [0.15, 0.2) is 33.6 Å². The molecule has 0 aromatic heterocycles. The van der Waals surface area contributed by atoms with E-state index in [2.05, 4.69) is 59.4 Å². The quantitative estimate of drug-likeness (QED) is 0.554. The molecule has 0 amide bonds. The van der Waals surface area contributed by atoms with Gasteiger partial charge >= 0.3 is 0 Å². The summed E-state index contributed by atoms with van der Waals surface area (Å²) in [6.07, 6.45) is 2.82. The summed E-state index contributed by atoms with van der Waals surface area (Å²) in [4.78, 5) is 1.27. The molecule has 104 valence electrons. The van der Waals surface area contributed by atoms with E-state index in [0.717, 1.165) is 36.0 Å². The molecule has 19 heavy (non-hydrogen) atoms. The highest BCUT2D eigenvalue weighted by Gasteiger charge is 2.25. The maximum atomic E-state index is 9.33. The Kier molecular flexibility index (Phi) is 7.52. The molecule has 2 nitrogen and oxygen atoms in total. The van der Waals surface area contributed by atoms with Crippen LogP contribution in [0.4, 0.5) is 0 Å². The van der Waals surface area contributed by atoms with Crippen molar-refractivity contribution in [2.75, 3.05) is 12.3 Å². The van der Waals surface area contributed by atoms with Gasteiger partial charge in [0.15, 0.2) is 0 Å². The van der Waals surface area contributed by atoms with Crippen LogP contribution in [0.2, 0.25) is 0 Å². The largest absolute Gasteiger partial charge is 0.300 e. The number of benzene rings is 1. The Morgan fingerprint density at radius 1 is 1.42 bits per heavy atom. The minimum atomic E-state index is -0.341. The van der Waals surface area contributed by atoms with Gasteiger partial charge in [-0.25, -0.2) is 0 Å². The lowest BCUT2D eigenvalue weighted by atomic mass is 9.92. The third kappa shape index (κ3) is 5.56. The summed E-state index contributed by atoms with van der Waals surface area (Å²) in [5.74, 6) is 1.05. The second-order valence-electron chi connectivity index (χ2n) is 4.49. The van der Waals surface area contributed by atoms with Crippen LogP contribution in [0.5, 0.6) is 0 Å². The average Bonchev–Trinajstić information content (AvgIpc) is 2.42. The Morgan fingerprint density at radius 2 is 2.21 bits per heavy atom.